The molecule has 20 heavy (non-hydrogen) atoms. The first-order chi connectivity index (χ1) is 9.70. The predicted molar refractivity (Wildman–Crippen MR) is 75.7 cm³/mol. The molecule has 0 fully saturated rings. The molecule has 106 valence electrons. The van der Waals surface area contributed by atoms with E-state index in [4.69, 9.17) is 5.11 Å². The lowest BCUT2D eigenvalue weighted by molar-refractivity contribution is 0.0696. The molecule has 2 rings (SSSR count). The van der Waals surface area contributed by atoms with Crippen LogP contribution in [0.4, 0.5) is 0 Å². The number of aromatic carboxylic acids is 1. The number of unbranched alkanes of at least 4 members (excludes halogenated alkanes) is 1. The van der Waals surface area contributed by atoms with Crippen LogP contribution in [-0.4, -0.2) is 31.3 Å². The smallest absolute Gasteiger partial charge is 0.335 e. The van der Waals surface area contributed by atoms with Crippen molar-refractivity contribution in [2.75, 3.05) is 0 Å². The summed E-state index contributed by atoms with van der Waals surface area (Å²) in [5.41, 5.74) is 0.292. The van der Waals surface area contributed by atoms with Gasteiger partial charge in [0.05, 0.1) is 11.3 Å². The molecule has 0 spiro atoms. The van der Waals surface area contributed by atoms with Gasteiger partial charge >= 0.3 is 5.97 Å². The first kappa shape index (κ1) is 14.5. The summed E-state index contributed by atoms with van der Waals surface area (Å²) in [6.07, 6.45) is 2.13. The summed E-state index contributed by atoms with van der Waals surface area (Å²) < 4.78 is 1.80. The Morgan fingerprint density at radius 1 is 1.45 bits per heavy atom. The number of aromatic nitrogens is 4. The molecule has 1 N–H and O–H groups in total. The topological polar surface area (TPSA) is 80.9 Å². The summed E-state index contributed by atoms with van der Waals surface area (Å²) in [4.78, 5) is 11.8. The molecule has 0 unspecified atom stereocenters. The molecule has 1 aromatic heterocycles. The molecule has 0 radical (unpaired) electrons. The second-order valence-electron chi connectivity index (χ2n) is 4.29. The van der Waals surface area contributed by atoms with Crippen molar-refractivity contribution < 1.29 is 9.90 Å². The van der Waals surface area contributed by atoms with Gasteiger partial charge in [0.15, 0.2) is 5.82 Å². The SMILES string of the molecule is CCCCn1nnnc1CSc1cccc(C(=O)O)c1. The number of nitrogens with zero attached hydrogens (tertiary/aromatic N) is 4. The van der Waals surface area contributed by atoms with Gasteiger partial charge in [-0.1, -0.05) is 19.4 Å². The van der Waals surface area contributed by atoms with Crippen LogP contribution in [0.25, 0.3) is 0 Å². The van der Waals surface area contributed by atoms with Crippen LogP contribution in [-0.2, 0) is 12.3 Å². The third-order valence-electron chi connectivity index (χ3n) is 2.78. The minimum Gasteiger partial charge on any atom is -0.478 e. The number of carboxylic acid groups (broad SMARTS) is 1. The summed E-state index contributed by atoms with van der Waals surface area (Å²) in [6, 6.07) is 6.87. The van der Waals surface area contributed by atoms with Crippen LogP contribution in [0.3, 0.4) is 0 Å². The van der Waals surface area contributed by atoms with E-state index in [9.17, 15) is 4.79 Å². The van der Waals surface area contributed by atoms with E-state index in [-0.39, 0.29) is 0 Å². The standard InChI is InChI=1S/C13H16N4O2S/c1-2-3-7-17-12(14-15-16-17)9-20-11-6-4-5-10(8-11)13(18)19/h4-6,8H,2-3,7,9H2,1H3,(H,18,19). The van der Waals surface area contributed by atoms with Crippen molar-refractivity contribution in [1.82, 2.24) is 20.2 Å². The zero-order chi connectivity index (χ0) is 14.4. The van der Waals surface area contributed by atoms with Crippen LogP contribution < -0.4 is 0 Å². The number of tetrazole rings is 1. The lowest BCUT2D eigenvalue weighted by atomic mass is 10.2. The quantitative estimate of drug-likeness (QED) is 0.789. The van der Waals surface area contributed by atoms with Crippen molar-refractivity contribution in [3.05, 3.63) is 35.7 Å². The molecule has 0 aliphatic carbocycles. The molecule has 6 nitrogen and oxygen atoms in total. The Morgan fingerprint density at radius 2 is 2.30 bits per heavy atom. The number of rotatable bonds is 7. The number of thioether (sulfide) groups is 1. The highest BCUT2D eigenvalue weighted by Crippen LogP contribution is 2.22. The number of aryl methyl sites for hydroxylation is 1. The maximum absolute atomic E-state index is 10.9. The fraction of sp³-hybridized carbons (Fsp3) is 0.385. The second-order valence-corrected chi connectivity index (χ2v) is 5.34. The third-order valence-corrected chi connectivity index (χ3v) is 3.77. The van der Waals surface area contributed by atoms with E-state index in [0.717, 1.165) is 30.1 Å². The maximum atomic E-state index is 10.9. The predicted octanol–water partition coefficient (Wildman–Crippen LogP) is 2.46. The summed E-state index contributed by atoms with van der Waals surface area (Å²) >= 11 is 1.53. The van der Waals surface area contributed by atoms with Crippen molar-refractivity contribution in [2.24, 2.45) is 0 Å². The highest BCUT2D eigenvalue weighted by Gasteiger charge is 2.08. The Morgan fingerprint density at radius 3 is 3.05 bits per heavy atom. The highest BCUT2D eigenvalue weighted by molar-refractivity contribution is 7.98. The van der Waals surface area contributed by atoms with Crippen molar-refractivity contribution >= 4 is 17.7 Å². The van der Waals surface area contributed by atoms with Gasteiger partial charge in [-0.15, -0.1) is 16.9 Å². The lowest BCUT2D eigenvalue weighted by Gasteiger charge is -2.04. The van der Waals surface area contributed by atoms with Crippen LogP contribution in [0, 0.1) is 0 Å². The number of benzene rings is 1. The Balaban J connectivity index is 2.00. The van der Waals surface area contributed by atoms with Gasteiger partial charge < -0.3 is 5.11 Å². The Bertz CT molecular complexity index is 585. The maximum Gasteiger partial charge on any atom is 0.335 e. The van der Waals surface area contributed by atoms with Crippen LogP contribution in [0.2, 0.25) is 0 Å². The summed E-state index contributed by atoms with van der Waals surface area (Å²) in [7, 11) is 0. The average molecular weight is 292 g/mol. The minimum atomic E-state index is -0.916. The number of hydrogen-bond acceptors (Lipinski definition) is 5. The van der Waals surface area contributed by atoms with Gasteiger partial charge in [0.25, 0.3) is 0 Å². The Hall–Kier alpha value is -1.89. The summed E-state index contributed by atoms with van der Waals surface area (Å²) in [5.74, 6) is 0.518. The van der Waals surface area contributed by atoms with E-state index in [1.807, 2.05) is 6.07 Å². The Kier molecular flexibility index (Phi) is 5.11. The van der Waals surface area contributed by atoms with Crippen LogP contribution in [0.5, 0.6) is 0 Å². The van der Waals surface area contributed by atoms with E-state index in [2.05, 4.69) is 22.4 Å². The van der Waals surface area contributed by atoms with E-state index < -0.39 is 5.97 Å². The van der Waals surface area contributed by atoms with Crippen molar-refractivity contribution in [3.8, 4) is 0 Å². The Labute approximate surface area is 121 Å². The zero-order valence-corrected chi connectivity index (χ0v) is 12.0. The highest BCUT2D eigenvalue weighted by atomic mass is 32.2. The van der Waals surface area contributed by atoms with Gasteiger partial charge in [-0.05, 0) is 35.0 Å². The molecular formula is C13H16N4O2S. The van der Waals surface area contributed by atoms with Crippen molar-refractivity contribution in [2.45, 2.75) is 37.0 Å². The molecule has 0 atom stereocenters. The normalized spacial score (nSPS) is 10.7. The van der Waals surface area contributed by atoms with Gasteiger partial charge in [0.1, 0.15) is 0 Å². The van der Waals surface area contributed by atoms with Crippen LogP contribution in [0.1, 0.15) is 35.9 Å². The van der Waals surface area contributed by atoms with Gasteiger partial charge in [-0.25, -0.2) is 9.48 Å². The molecule has 0 amide bonds. The van der Waals surface area contributed by atoms with E-state index >= 15 is 0 Å². The lowest BCUT2D eigenvalue weighted by Crippen LogP contribution is -2.05. The van der Waals surface area contributed by atoms with Crippen LogP contribution in [0.15, 0.2) is 29.2 Å². The number of carboxylic acids is 1. The fourth-order valence-electron chi connectivity index (χ4n) is 1.67. The van der Waals surface area contributed by atoms with Crippen LogP contribution >= 0.6 is 11.8 Å². The molecular weight excluding hydrogens is 276 g/mol. The third kappa shape index (κ3) is 3.80. The summed E-state index contributed by atoms with van der Waals surface area (Å²) in [5, 5.41) is 20.6. The van der Waals surface area contributed by atoms with E-state index in [0.29, 0.717) is 11.3 Å². The molecule has 1 heterocycles. The fourth-order valence-corrected chi connectivity index (χ4v) is 2.56. The first-order valence-electron chi connectivity index (χ1n) is 6.42. The monoisotopic (exact) mass is 292 g/mol. The molecule has 7 heteroatoms. The zero-order valence-electron chi connectivity index (χ0n) is 11.2. The van der Waals surface area contributed by atoms with E-state index in [1.165, 1.54) is 11.8 Å². The average Bonchev–Trinajstić information content (AvgIpc) is 2.90. The molecule has 0 saturated carbocycles. The minimum absolute atomic E-state index is 0.292. The molecule has 0 bridgehead atoms. The van der Waals surface area contributed by atoms with E-state index in [1.54, 1.807) is 22.9 Å². The molecule has 1 aromatic carbocycles. The summed E-state index contributed by atoms with van der Waals surface area (Å²) in [6.45, 7) is 2.94. The van der Waals surface area contributed by atoms with Gasteiger partial charge in [-0.2, -0.15) is 0 Å². The van der Waals surface area contributed by atoms with Crippen molar-refractivity contribution in [1.29, 1.82) is 0 Å². The van der Waals surface area contributed by atoms with Gasteiger partial charge in [-0.3, -0.25) is 0 Å². The largest absolute Gasteiger partial charge is 0.478 e. The molecule has 0 aliphatic heterocycles. The van der Waals surface area contributed by atoms with Gasteiger partial charge in [0.2, 0.25) is 0 Å². The van der Waals surface area contributed by atoms with Crippen molar-refractivity contribution in [3.63, 3.8) is 0 Å². The first-order valence-corrected chi connectivity index (χ1v) is 7.40. The molecule has 0 aliphatic rings. The molecule has 0 saturated heterocycles. The molecule has 2 aromatic rings. The number of carbonyl (C=O) groups is 1. The number of hydrogen-bond donors (Lipinski definition) is 1. The second kappa shape index (κ2) is 7.04. The van der Waals surface area contributed by atoms with Gasteiger partial charge in [0, 0.05) is 11.4 Å².